The number of ether oxygens (including phenoxy) is 1. The highest BCUT2D eigenvalue weighted by Crippen LogP contribution is 2.17. The van der Waals surface area contributed by atoms with Crippen molar-refractivity contribution < 1.29 is 14.3 Å². The van der Waals surface area contributed by atoms with E-state index in [1.54, 1.807) is 30.5 Å². The maximum absolute atomic E-state index is 11.4. The van der Waals surface area contributed by atoms with Crippen LogP contribution in [0.4, 0.5) is 0 Å². The Morgan fingerprint density at radius 2 is 1.53 bits per heavy atom. The molecule has 0 atom stereocenters. The van der Waals surface area contributed by atoms with E-state index in [1.165, 1.54) is 20.2 Å². The van der Waals surface area contributed by atoms with Gasteiger partial charge >= 0.3 is 5.97 Å². The Morgan fingerprint density at radius 1 is 1.00 bits per heavy atom. The van der Waals surface area contributed by atoms with Gasteiger partial charge in [0, 0.05) is 18.0 Å². The summed E-state index contributed by atoms with van der Waals surface area (Å²) in [5, 5.41) is 0. The lowest BCUT2D eigenvalue weighted by Gasteiger charge is -2.04. The number of aromatic nitrogens is 2. The summed E-state index contributed by atoms with van der Waals surface area (Å²) in [6.07, 6.45) is 3.04. The fraction of sp³-hybridized carbons (Fsp3) is 0.143. The quantitative estimate of drug-likeness (QED) is 0.621. The molecular formula is C14H12N2O3. The molecule has 0 aromatic carbocycles. The lowest BCUT2D eigenvalue weighted by Crippen LogP contribution is -2.02. The zero-order valence-electron chi connectivity index (χ0n) is 10.6. The molecule has 5 heteroatoms. The average Bonchev–Trinajstić information content (AvgIpc) is 2.46. The van der Waals surface area contributed by atoms with Crippen molar-refractivity contribution in [3.8, 4) is 11.4 Å². The van der Waals surface area contributed by atoms with E-state index in [9.17, 15) is 9.59 Å². The molecule has 0 saturated heterocycles. The van der Waals surface area contributed by atoms with Crippen LogP contribution in [0.25, 0.3) is 11.4 Å². The Kier molecular flexibility index (Phi) is 3.66. The Labute approximate surface area is 110 Å². The van der Waals surface area contributed by atoms with E-state index in [2.05, 4.69) is 14.7 Å². The second kappa shape index (κ2) is 5.39. The first-order chi connectivity index (χ1) is 9.11. The first kappa shape index (κ1) is 12.9. The molecular weight excluding hydrogens is 244 g/mol. The van der Waals surface area contributed by atoms with Gasteiger partial charge < -0.3 is 4.74 Å². The molecule has 96 valence electrons. The van der Waals surface area contributed by atoms with E-state index in [1.807, 2.05) is 0 Å². The third kappa shape index (κ3) is 2.82. The average molecular weight is 256 g/mol. The van der Waals surface area contributed by atoms with Crippen molar-refractivity contribution in [3.63, 3.8) is 0 Å². The standard InChI is InChI=1S/C14H12N2O3/c1-9(17)10-3-5-15-12(7-10)13-8-11(4-6-16-13)14(18)19-2/h3-8H,1-2H3. The molecule has 0 aliphatic carbocycles. The lowest BCUT2D eigenvalue weighted by molar-refractivity contribution is 0.0600. The molecule has 0 bridgehead atoms. The van der Waals surface area contributed by atoms with Gasteiger partial charge in [0.05, 0.1) is 24.1 Å². The molecule has 19 heavy (non-hydrogen) atoms. The van der Waals surface area contributed by atoms with Crippen LogP contribution in [-0.2, 0) is 4.74 Å². The van der Waals surface area contributed by atoms with Gasteiger partial charge in [0.2, 0.25) is 0 Å². The van der Waals surface area contributed by atoms with Crippen molar-refractivity contribution in [2.45, 2.75) is 6.92 Å². The zero-order chi connectivity index (χ0) is 13.8. The third-order valence-electron chi connectivity index (χ3n) is 2.61. The van der Waals surface area contributed by atoms with E-state index in [-0.39, 0.29) is 5.78 Å². The molecule has 0 radical (unpaired) electrons. The summed E-state index contributed by atoms with van der Waals surface area (Å²) in [5.74, 6) is -0.487. The molecule has 2 heterocycles. The highest BCUT2D eigenvalue weighted by atomic mass is 16.5. The molecule has 0 N–H and O–H groups in total. The third-order valence-corrected chi connectivity index (χ3v) is 2.61. The molecule has 0 aliphatic heterocycles. The summed E-state index contributed by atoms with van der Waals surface area (Å²) in [5.41, 5.74) is 2.00. The van der Waals surface area contributed by atoms with Crippen molar-refractivity contribution in [2.75, 3.05) is 7.11 Å². The number of Topliss-reactive ketones (excluding diaryl/α,β-unsaturated/α-hetero) is 1. The number of hydrogen-bond acceptors (Lipinski definition) is 5. The number of esters is 1. The fourth-order valence-electron chi connectivity index (χ4n) is 1.61. The summed E-state index contributed by atoms with van der Waals surface area (Å²) < 4.78 is 4.65. The minimum Gasteiger partial charge on any atom is -0.465 e. The van der Waals surface area contributed by atoms with Gasteiger partial charge in [0.25, 0.3) is 0 Å². The monoisotopic (exact) mass is 256 g/mol. The topological polar surface area (TPSA) is 69.2 Å². The number of nitrogens with zero attached hydrogens (tertiary/aromatic N) is 2. The van der Waals surface area contributed by atoms with Crippen LogP contribution >= 0.6 is 0 Å². The van der Waals surface area contributed by atoms with Gasteiger partial charge in [0.15, 0.2) is 5.78 Å². The molecule has 2 aromatic rings. The fourth-order valence-corrected chi connectivity index (χ4v) is 1.61. The van der Waals surface area contributed by atoms with Crippen molar-refractivity contribution in [3.05, 3.63) is 47.8 Å². The van der Waals surface area contributed by atoms with Crippen LogP contribution in [-0.4, -0.2) is 28.8 Å². The molecule has 5 nitrogen and oxygen atoms in total. The molecule has 0 saturated carbocycles. The van der Waals surface area contributed by atoms with Gasteiger partial charge in [-0.15, -0.1) is 0 Å². The number of hydrogen-bond donors (Lipinski definition) is 0. The molecule has 0 unspecified atom stereocenters. The molecule has 0 aliphatic rings. The Balaban J connectivity index is 2.44. The van der Waals surface area contributed by atoms with Gasteiger partial charge in [-0.2, -0.15) is 0 Å². The first-order valence-corrected chi connectivity index (χ1v) is 5.63. The number of pyridine rings is 2. The first-order valence-electron chi connectivity index (χ1n) is 5.63. The smallest absolute Gasteiger partial charge is 0.337 e. The summed E-state index contributed by atoms with van der Waals surface area (Å²) in [4.78, 5) is 31.1. The molecule has 0 amide bonds. The van der Waals surface area contributed by atoms with Gasteiger partial charge in [-0.25, -0.2) is 4.79 Å². The predicted molar refractivity (Wildman–Crippen MR) is 68.8 cm³/mol. The largest absolute Gasteiger partial charge is 0.465 e. The van der Waals surface area contributed by atoms with Gasteiger partial charge in [0.1, 0.15) is 0 Å². The maximum Gasteiger partial charge on any atom is 0.337 e. The minimum atomic E-state index is -0.439. The highest BCUT2D eigenvalue weighted by molar-refractivity contribution is 5.95. The van der Waals surface area contributed by atoms with Crippen molar-refractivity contribution in [2.24, 2.45) is 0 Å². The Morgan fingerprint density at radius 3 is 2.05 bits per heavy atom. The van der Waals surface area contributed by atoms with Crippen LogP contribution in [0.2, 0.25) is 0 Å². The number of ketones is 1. The van der Waals surface area contributed by atoms with Crippen molar-refractivity contribution in [1.82, 2.24) is 9.97 Å². The Bertz CT molecular complexity index is 638. The summed E-state index contributed by atoms with van der Waals surface area (Å²) in [7, 11) is 1.32. The van der Waals surface area contributed by atoms with E-state index < -0.39 is 5.97 Å². The second-order valence-corrected chi connectivity index (χ2v) is 3.91. The molecule has 0 spiro atoms. The Hall–Kier alpha value is -2.56. The number of carbonyl (C=O) groups is 2. The summed E-state index contributed by atoms with van der Waals surface area (Å²) >= 11 is 0. The second-order valence-electron chi connectivity index (χ2n) is 3.91. The van der Waals surface area contributed by atoms with Crippen LogP contribution in [0.3, 0.4) is 0 Å². The van der Waals surface area contributed by atoms with Crippen LogP contribution < -0.4 is 0 Å². The molecule has 2 aromatic heterocycles. The van der Waals surface area contributed by atoms with E-state index in [0.29, 0.717) is 22.5 Å². The minimum absolute atomic E-state index is 0.0484. The SMILES string of the molecule is COC(=O)c1ccnc(-c2cc(C(C)=O)ccn2)c1. The number of methoxy groups -OCH3 is 1. The van der Waals surface area contributed by atoms with Crippen LogP contribution in [0.5, 0.6) is 0 Å². The van der Waals surface area contributed by atoms with E-state index >= 15 is 0 Å². The zero-order valence-corrected chi connectivity index (χ0v) is 10.6. The maximum atomic E-state index is 11.4. The van der Waals surface area contributed by atoms with E-state index in [0.717, 1.165) is 0 Å². The molecule has 2 rings (SSSR count). The van der Waals surface area contributed by atoms with Gasteiger partial charge in [-0.3, -0.25) is 14.8 Å². The van der Waals surface area contributed by atoms with Crippen LogP contribution in [0, 0.1) is 0 Å². The number of rotatable bonds is 3. The van der Waals surface area contributed by atoms with Crippen molar-refractivity contribution >= 4 is 11.8 Å². The lowest BCUT2D eigenvalue weighted by atomic mass is 10.1. The predicted octanol–water partition coefficient (Wildman–Crippen LogP) is 2.13. The number of carbonyl (C=O) groups excluding carboxylic acids is 2. The normalized spacial score (nSPS) is 10.0. The summed E-state index contributed by atoms with van der Waals surface area (Å²) in [6.45, 7) is 1.48. The highest BCUT2D eigenvalue weighted by Gasteiger charge is 2.09. The van der Waals surface area contributed by atoms with Crippen molar-refractivity contribution in [1.29, 1.82) is 0 Å². The summed E-state index contributed by atoms with van der Waals surface area (Å²) in [6, 6.07) is 6.42. The van der Waals surface area contributed by atoms with Gasteiger partial charge in [-0.1, -0.05) is 0 Å². The van der Waals surface area contributed by atoms with E-state index in [4.69, 9.17) is 0 Å². The van der Waals surface area contributed by atoms with Gasteiger partial charge in [-0.05, 0) is 31.2 Å². The van der Waals surface area contributed by atoms with Crippen LogP contribution in [0.15, 0.2) is 36.7 Å². The molecule has 0 fully saturated rings. The van der Waals surface area contributed by atoms with Crippen LogP contribution in [0.1, 0.15) is 27.6 Å².